The molecule has 3 N–H and O–H groups in total. The number of nitrogen functional groups attached to an aromatic ring is 1. The van der Waals surface area contributed by atoms with Crippen molar-refractivity contribution in [3.8, 4) is 22.5 Å². The van der Waals surface area contributed by atoms with Gasteiger partial charge in [-0.2, -0.15) is 0 Å². The second-order valence-corrected chi connectivity index (χ2v) is 9.34. The third kappa shape index (κ3) is 3.84. The van der Waals surface area contributed by atoms with Crippen LogP contribution in [0.3, 0.4) is 0 Å². The summed E-state index contributed by atoms with van der Waals surface area (Å²) in [4.78, 5) is 31.1. The number of rotatable bonds is 4. The van der Waals surface area contributed by atoms with Crippen molar-refractivity contribution in [2.45, 2.75) is 31.6 Å². The van der Waals surface area contributed by atoms with Crippen LogP contribution in [0.2, 0.25) is 0 Å². The molecular formula is C28H27N7O. The van der Waals surface area contributed by atoms with Gasteiger partial charge in [-0.1, -0.05) is 36.4 Å². The van der Waals surface area contributed by atoms with Crippen molar-refractivity contribution in [1.82, 2.24) is 29.7 Å². The van der Waals surface area contributed by atoms with Gasteiger partial charge in [-0.25, -0.2) is 15.0 Å². The number of nitrogens with two attached hydrogens (primary N) is 1. The summed E-state index contributed by atoms with van der Waals surface area (Å²) in [5.74, 6) is 1.85. The predicted molar refractivity (Wildman–Crippen MR) is 140 cm³/mol. The van der Waals surface area contributed by atoms with Gasteiger partial charge in [0.05, 0.1) is 22.9 Å². The smallest absolute Gasteiger partial charge is 0.222 e. The van der Waals surface area contributed by atoms with Crippen molar-refractivity contribution < 1.29 is 4.79 Å². The lowest BCUT2D eigenvalue weighted by Gasteiger charge is -2.26. The van der Waals surface area contributed by atoms with Crippen LogP contribution in [-0.4, -0.2) is 37.3 Å². The number of nitrogens with one attached hydrogen (secondary N) is 1. The summed E-state index contributed by atoms with van der Waals surface area (Å²) in [5, 5.41) is 2.79. The van der Waals surface area contributed by atoms with E-state index in [4.69, 9.17) is 15.7 Å². The van der Waals surface area contributed by atoms with E-state index in [9.17, 15) is 4.79 Å². The molecular weight excluding hydrogens is 450 g/mol. The average Bonchev–Trinajstić information content (AvgIpc) is 3.33. The highest BCUT2D eigenvalue weighted by Crippen LogP contribution is 2.39. The van der Waals surface area contributed by atoms with Crippen LogP contribution >= 0.6 is 0 Å². The van der Waals surface area contributed by atoms with Gasteiger partial charge < -0.3 is 11.1 Å². The van der Waals surface area contributed by atoms with Gasteiger partial charge >= 0.3 is 0 Å². The first kappa shape index (κ1) is 22.2. The van der Waals surface area contributed by atoms with Crippen LogP contribution in [0.1, 0.15) is 37.4 Å². The number of benzene rings is 2. The molecule has 5 aromatic rings. The Kier molecular flexibility index (Phi) is 5.56. The second kappa shape index (κ2) is 9.03. The van der Waals surface area contributed by atoms with Gasteiger partial charge in [0, 0.05) is 42.4 Å². The number of amides is 1. The molecule has 1 saturated carbocycles. The number of nitrogens with zero attached hydrogens (tertiary/aromatic N) is 5. The fraction of sp³-hybridized carbons (Fsp3) is 0.250. The number of hydrogen-bond acceptors (Lipinski definition) is 6. The summed E-state index contributed by atoms with van der Waals surface area (Å²) in [6.45, 7) is 0. The molecule has 8 nitrogen and oxygen atoms in total. The molecule has 6 rings (SSSR count). The highest BCUT2D eigenvalue weighted by atomic mass is 16.1. The van der Waals surface area contributed by atoms with Crippen LogP contribution < -0.4 is 11.1 Å². The Labute approximate surface area is 208 Å². The molecule has 36 heavy (non-hydrogen) atoms. The van der Waals surface area contributed by atoms with E-state index in [-0.39, 0.29) is 17.7 Å². The molecule has 0 spiro atoms. The Hall–Kier alpha value is -4.33. The van der Waals surface area contributed by atoms with E-state index < -0.39 is 0 Å². The zero-order valence-corrected chi connectivity index (χ0v) is 20.1. The lowest BCUT2D eigenvalue weighted by Crippen LogP contribution is -2.30. The molecule has 0 radical (unpaired) electrons. The molecule has 8 heteroatoms. The monoisotopic (exact) mass is 477 g/mol. The lowest BCUT2D eigenvalue weighted by atomic mass is 9.81. The van der Waals surface area contributed by atoms with Crippen molar-refractivity contribution >= 4 is 28.3 Å². The van der Waals surface area contributed by atoms with E-state index in [1.165, 1.54) is 0 Å². The Morgan fingerprint density at radius 3 is 2.56 bits per heavy atom. The molecule has 1 aliphatic carbocycles. The van der Waals surface area contributed by atoms with Gasteiger partial charge in [0.1, 0.15) is 22.9 Å². The first-order valence-electron chi connectivity index (χ1n) is 12.3. The van der Waals surface area contributed by atoms with Gasteiger partial charge in [-0.15, -0.1) is 0 Å². The largest absolute Gasteiger partial charge is 0.382 e. The minimum atomic E-state index is 0.0709. The molecule has 0 atom stereocenters. The van der Waals surface area contributed by atoms with Crippen LogP contribution in [-0.2, 0) is 4.79 Å². The van der Waals surface area contributed by atoms with Gasteiger partial charge in [-0.3, -0.25) is 14.2 Å². The number of hydrogen-bond donors (Lipinski definition) is 2. The van der Waals surface area contributed by atoms with Crippen LogP contribution in [0, 0.1) is 5.92 Å². The van der Waals surface area contributed by atoms with Crippen LogP contribution in [0.25, 0.3) is 39.1 Å². The fourth-order valence-electron chi connectivity index (χ4n) is 5.30. The predicted octanol–water partition coefficient (Wildman–Crippen LogP) is 4.61. The van der Waals surface area contributed by atoms with Gasteiger partial charge in [0.25, 0.3) is 0 Å². The molecule has 180 valence electrons. The summed E-state index contributed by atoms with van der Waals surface area (Å²) in [7, 11) is 1.70. The minimum absolute atomic E-state index is 0.0709. The number of aromatic nitrogens is 5. The first-order valence-corrected chi connectivity index (χ1v) is 12.3. The summed E-state index contributed by atoms with van der Waals surface area (Å²) < 4.78 is 2.07. The maximum absolute atomic E-state index is 12.1. The molecule has 3 aromatic heterocycles. The van der Waals surface area contributed by atoms with Crippen molar-refractivity contribution in [3.05, 3.63) is 72.9 Å². The summed E-state index contributed by atoms with van der Waals surface area (Å²) in [6, 6.07) is 16.0. The topological polar surface area (TPSA) is 111 Å². The zero-order chi connectivity index (χ0) is 24.6. The second-order valence-electron chi connectivity index (χ2n) is 9.34. The quantitative estimate of drug-likeness (QED) is 0.391. The standard InChI is InChI=1S/C28H27N7O/c1-30-28(36)19-9-7-18(8-10-19)27-34-24(25-26(29)31-13-14-35(25)27)20-11-12-21-22(15-20)33-23(16-32-21)17-5-3-2-4-6-17/h2-6,11-16,18-19H,7-10H2,1H3,(H2,29,31)(H,30,36). The SMILES string of the molecule is CNC(=O)C1CCC(c2nc(-c3ccc4ncc(-c5ccccc5)nc4c3)c3c(N)nccn23)CC1. The zero-order valence-electron chi connectivity index (χ0n) is 20.1. The minimum Gasteiger partial charge on any atom is -0.382 e. The highest BCUT2D eigenvalue weighted by molar-refractivity contribution is 5.90. The van der Waals surface area contributed by atoms with Crippen molar-refractivity contribution in [1.29, 1.82) is 0 Å². The Morgan fingerprint density at radius 1 is 0.972 bits per heavy atom. The van der Waals surface area contributed by atoms with Gasteiger partial charge in [-0.05, 0) is 37.8 Å². The van der Waals surface area contributed by atoms with Crippen LogP contribution in [0.5, 0.6) is 0 Å². The summed E-state index contributed by atoms with van der Waals surface area (Å²) in [5.41, 5.74) is 12.3. The molecule has 3 heterocycles. The molecule has 0 saturated heterocycles. The van der Waals surface area contributed by atoms with Crippen molar-refractivity contribution in [3.63, 3.8) is 0 Å². The molecule has 1 amide bonds. The molecule has 1 fully saturated rings. The molecule has 2 aromatic carbocycles. The normalized spacial score (nSPS) is 17.9. The third-order valence-electron chi connectivity index (χ3n) is 7.21. The molecule has 0 aliphatic heterocycles. The molecule has 1 aliphatic rings. The number of imidazole rings is 1. The number of carbonyl (C=O) groups excluding carboxylic acids is 1. The molecule has 0 unspecified atom stereocenters. The summed E-state index contributed by atoms with van der Waals surface area (Å²) >= 11 is 0. The Bertz CT molecular complexity index is 1570. The Morgan fingerprint density at radius 2 is 1.78 bits per heavy atom. The third-order valence-corrected chi connectivity index (χ3v) is 7.21. The highest BCUT2D eigenvalue weighted by Gasteiger charge is 2.30. The van der Waals surface area contributed by atoms with Crippen LogP contribution in [0.15, 0.2) is 67.1 Å². The van der Waals surface area contributed by atoms with Crippen LogP contribution in [0.4, 0.5) is 5.82 Å². The lowest BCUT2D eigenvalue weighted by molar-refractivity contribution is -0.125. The number of fused-ring (bicyclic) bond motifs is 2. The van der Waals surface area contributed by atoms with Crippen molar-refractivity contribution in [2.75, 3.05) is 12.8 Å². The maximum atomic E-state index is 12.1. The maximum Gasteiger partial charge on any atom is 0.222 e. The van der Waals surface area contributed by atoms with E-state index >= 15 is 0 Å². The summed E-state index contributed by atoms with van der Waals surface area (Å²) in [6.07, 6.45) is 8.96. The fourth-order valence-corrected chi connectivity index (χ4v) is 5.30. The Balaban J connectivity index is 1.42. The van der Waals surface area contributed by atoms with E-state index in [0.717, 1.165) is 70.6 Å². The molecule has 0 bridgehead atoms. The van der Waals surface area contributed by atoms with E-state index in [0.29, 0.717) is 5.82 Å². The average molecular weight is 478 g/mol. The number of carbonyl (C=O) groups is 1. The van der Waals surface area contributed by atoms with E-state index in [2.05, 4.69) is 19.7 Å². The van der Waals surface area contributed by atoms with Crippen molar-refractivity contribution in [2.24, 2.45) is 5.92 Å². The van der Waals surface area contributed by atoms with Gasteiger partial charge in [0.2, 0.25) is 5.91 Å². The van der Waals surface area contributed by atoms with E-state index in [1.54, 1.807) is 19.4 Å². The van der Waals surface area contributed by atoms with E-state index in [1.807, 2.05) is 54.7 Å². The first-order chi connectivity index (χ1) is 17.6. The number of anilines is 1. The van der Waals surface area contributed by atoms with Gasteiger partial charge in [0.15, 0.2) is 0 Å².